The third kappa shape index (κ3) is 4.59. The summed E-state index contributed by atoms with van der Waals surface area (Å²) in [5, 5.41) is 10.9. The lowest BCUT2D eigenvalue weighted by atomic mass is 10.4. The predicted molar refractivity (Wildman–Crippen MR) is 68.6 cm³/mol. The molecule has 2 N–H and O–H groups in total. The molecule has 0 aliphatic heterocycles. The van der Waals surface area contributed by atoms with E-state index in [1.54, 1.807) is 13.3 Å². The molecule has 0 fully saturated rings. The fourth-order valence-corrected chi connectivity index (χ4v) is 1.41. The molecule has 0 saturated heterocycles. The van der Waals surface area contributed by atoms with E-state index in [0.29, 0.717) is 5.11 Å². The van der Waals surface area contributed by atoms with Crippen LogP contribution in [0, 0.1) is 0 Å². The summed E-state index contributed by atoms with van der Waals surface area (Å²) in [6.07, 6.45) is 4.61. The zero-order valence-corrected chi connectivity index (χ0v) is 10.5. The van der Waals surface area contributed by atoms with E-state index in [4.69, 9.17) is 17.0 Å². The first-order chi connectivity index (χ1) is 7.76. The number of methoxy groups -OCH3 is 1. The number of nitrogens with zero attached hydrogens (tertiary/aromatic N) is 2. The second-order valence-electron chi connectivity index (χ2n) is 3.31. The van der Waals surface area contributed by atoms with Crippen LogP contribution in [0.2, 0.25) is 0 Å². The molecule has 0 radical (unpaired) electrons. The minimum atomic E-state index is 0.617. The number of hydrogen-bond donors (Lipinski definition) is 2. The first kappa shape index (κ1) is 12.9. The number of rotatable bonds is 6. The Morgan fingerprint density at radius 3 is 3.06 bits per heavy atom. The summed E-state index contributed by atoms with van der Waals surface area (Å²) in [5.74, 6) is 0. The Balaban J connectivity index is 2.23. The molecule has 0 amide bonds. The van der Waals surface area contributed by atoms with E-state index in [9.17, 15) is 0 Å². The van der Waals surface area contributed by atoms with E-state index in [-0.39, 0.29) is 0 Å². The van der Waals surface area contributed by atoms with Gasteiger partial charge in [0.15, 0.2) is 5.11 Å². The van der Waals surface area contributed by atoms with Crippen molar-refractivity contribution in [1.29, 1.82) is 0 Å². The van der Waals surface area contributed by atoms with E-state index >= 15 is 0 Å². The third-order valence-electron chi connectivity index (χ3n) is 2.03. The van der Waals surface area contributed by atoms with Gasteiger partial charge in [0.2, 0.25) is 0 Å². The lowest BCUT2D eigenvalue weighted by Crippen LogP contribution is -2.29. The molecular weight excluding hydrogens is 224 g/mol. The average Bonchev–Trinajstić information content (AvgIpc) is 2.72. The Kier molecular flexibility index (Phi) is 5.81. The van der Waals surface area contributed by atoms with Crippen molar-refractivity contribution in [3.8, 4) is 0 Å². The molecule has 1 heterocycles. The lowest BCUT2D eigenvalue weighted by molar-refractivity contribution is 0.196. The highest BCUT2D eigenvalue weighted by molar-refractivity contribution is 7.80. The monoisotopic (exact) mass is 242 g/mol. The minimum Gasteiger partial charge on any atom is -0.385 e. The molecule has 1 rings (SSSR count). The van der Waals surface area contributed by atoms with Gasteiger partial charge >= 0.3 is 0 Å². The third-order valence-corrected chi connectivity index (χ3v) is 2.27. The lowest BCUT2D eigenvalue weighted by Gasteiger charge is -2.08. The van der Waals surface area contributed by atoms with Crippen molar-refractivity contribution in [3.63, 3.8) is 0 Å². The van der Waals surface area contributed by atoms with E-state index in [1.807, 2.05) is 17.8 Å². The highest BCUT2D eigenvalue weighted by Gasteiger charge is 1.99. The Hall–Kier alpha value is -1.14. The SMILES string of the molecule is CCn1cc(NC(=S)NCCCOC)cn1. The van der Waals surface area contributed by atoms with Crippen molar-refractivity contribution < 1.29 is 4.74 Å². The molecule has 0 atom stereocenters. The second kappa shape index (κ2) is 7.19. The van der Waals surface area contributed by atoms with Crippen LogP contribution in [0.15, 0.2) is 12.4 Å². The van der Waals surface area contributed by atoms with E-state index in [1.165, 1.54) is 0 Å². The maximum absolute atomic E-state index is 5.13. The van der Waals surface area contributed by atoms with Gasteiger partial charge in [-0.2, -0.15) is 5.10 Å². The first-order valence-electron chi connectivity index (χ1n) is 5.32. The Labute approximate surface area is 101 Å². The molecule has 0 aliphatic rings. The Bertz CT molecular complexity index is 326. The molecule has 5 nitrogen and oxygen atoms in total. The van der Waals surface area contributed by atoms with Gasteiger partial charge in [-0.05, 0) is 25.6 Å². The molecule has 0 saturated carbocycles. The number of hydrogen-bond acceptors (Lipinski definition) is 3. The molecule has 90 valence electrons. The van der Waals surface area contributed by atoms with Crippen LogP contribution in [0.5, 0.6) is 0 Å². The number of thiocarbonyl (C=S) groups is 1. The summed E-state index contributed by atoms with van der Waals surface area (Å²) in [4.78, 5) is 0. The van der Waals surface area contributed by atoms with Crippen LogP contribution in [-0.2, 0) is 11.3 Å². The molecule has 1 aromatic rings. The molecule has 1 aromatic heterocycles. The summed E-state index contributed by atoms with van der Waals surface area (Å²) in [5.41, 5.74) is 0.908. The predicted octanol–water partition coefficient (Wildman–Crippen LogP) is 1.23. The van der Waals surface area contributed by atoms with Crippen molar-refractivity contribution in [1.82, 2.24) is 15.1 Å². The summed E-state index contributed by atoms with van der Waals surface area (Å²) in [6.45, 7) is 4.44. The number of ether oxygens (including phenoxy) is 1. The van der Waals surface area contributed by atoms with Crippen LogP contribution >= 0.6 is 12.2 Å². The van der Waals surface area contributed by atoms with Gasteiger partial charge in [-0.25, -0.2) is 0 Å². The van der Waals surface area contributed by atoms with Crippen LogP contribution in [0.1, 0.15) is 13.3 Å². The maximum atomic E-state index is 5.13. The van der Waals surface area contributed by atoms with Crippen LogP contribution in [0.3, 0.4) is 0 Å². The van der Waals surface area contributed by atoms with Gasteiger partial charge in [0, 0.05) is 33.0 Å². The van der Waals surface area contributed by atoms with E-state index in [2.05, 4.69) is 15.7 Å². The quantitative estimate of drug-likeness (QED) is 0.580. The standard InChI is InChI=1S/C10H18N4OS/c1-3-14-8-9(7-12-14)13-10(16)11-5-4-6-15-2/h7-8H,3-6H2,1-2H3,(H2,11,13,16). The topological polar surface area (TPSA) is 51.1 Å². The molecule has 0 unspecified atom stereocenters. The van der Waals surface area contributed by atoms with Crippen molar-refractivity contribution >= 4 is 23.0 Å². The fraction of sp³-hybridized carbons (Fsp3) is 0.600. The summed E-state index contributed by atoms with van der Waals surface area (Å²) in [7, 11) is 1.69. The highest BCUT2D eigenvalue weighted by atomic mass is 32.1. The number of aryl methyl sites for hydroxylation is 1. The van der Waals surface area contributed by atoms with Crippen LogP contribution < -0.4 is 10.6 Å². The van der Waals surface area contributed by atoms with Crippen LogP contribution in [-0.4, -0.2) is 35.2 Å². The summed E-state index contributed by atoms with van der Waals surface area (Å²) >= 11 is 5.13. The number of aromatic nitrogens is 2. The van der Waals surface area contributed by atoms with E-state index < -0.39 is 0 Å². The Morgan fingerprint density at radius 2 is 2.44 bits per heavy atom. The normalized spacial score (nSPS) is 10.1. The van der Waals surface area contributed by atoms with Gasteiger partial charge in [-0.15, -0.1) is 0 Å². The van der Waals surface area contributed by atoms with Gasteiger partial charge in [-0.3, -0.25) is 4.68 Å². The average molecular weight is 242 g/mol. The molecule has 0 spiro atoms. The largest absolute Gasteiger partial charge is 0.385 e. The van der Waals surface area contributed by atoms with Crippen molar-refractivity contribution in [2.45, 2.75) is 19.9 Å². The summed E-state index contributed by atoms with van der Waals surface area (Å²) in [6, 6.07) is 0. The zero-order valence-electron chi connectivity index (χ0n) is 9.69. The van der Waals surface area contributed by atoms with Gasteiger partial charge < -0.3 is 15.4 Å². The molecule has 6 heteroatoms. The van der Waals surface area contributed by atoms with Crippen molar-refractivity contribution in [3.05, 3.63) is 12.4 Å². The van der Waals surface area contributed by atoms with E-state index in [0.717, 1.165) is 31.8 Å². The number of anilines is 1. The molecule has 0 aliphatic carbocycles. The zero-order chi connectivity index (χ0) is 11.8. The van der Waals surface area contributed by atoms with Crippen molar-refractivity contribution in [2.75, 3.05) is 25.6 Å². The smallest absolute Gasteiger partial charge is 0.170 e. The first-order valence-corrected chi connectivity index (χ1v) is 5.73. The highest BCUT2D eigenvalue weighted by Crippen LogP contribution is 2.03. The fourth-order valence-electron chi connectivity index (χ4n) is 1.19. The Morgan fingerprint density at radius 1 is 1.62 bits per heavy atom. The molecule has 16 heavy (non-hydrogen) atoms. The molecule has 0 aromatic carbocycles. The minimum absolute atomic E-state index is 0.617. The molecule has 0 bridgehead atoms. The van der Waals surface area contributed by atoms with Gasteiger partial charge in [-0.1, -0.05) is 0 Å². The maximum Gasteiger partial charge on any atom is 0.170 e. The second-order valence-corrected chi connectivity index (χ2v) is 3.72. The molecular formula is C10H18N4OS. The summed E-state index contributed by atoms with van der Waals surface area (Å²) < 4.78 is 6.79. The van der Waals surface area contributed by atoms with Gasteiger partial charge in [0.05, 0.1) is 11.9 Å². The number of nitrogens with one attached hydrogen (secondary N) is 2. The van der Waals surface area contributed by atoms with Gasteiger partial charge in [0.25, 0.3) is 0 Å². The van der Waals surface area contributed by atoms with Crippen molar-refractivity contribution in [2.24, 2.45) is 0 Å². The van der Waals surface area contributed by atoms with Crippen LogP contribution in [0.4, 0.5) is 5.69 Å². The van der Waals surface area contributed by atoms with Gasteiger partial charge in [0.1, 0.15) is 0 Å². The van der Waals surface area contributed by atoms with Crippen LogP contribution in [0.25, 0.3) is 0 Å².